The van der Waals surface area contributed by atoms with Crippen molar-refractivity contribution in [3.63, 3.8) is 0 Å². The summed E-state index contributed by atoms with van der Waals surface area (Å²) in [5, 5.41) is 15.3. The molecule has 0 spiro atoms. The van der Waals surface area contributed by atoms with Crippen LogP contribution in [0.4, 0.5) is 27.6 Å². The van der Waals surface area contributed by atoms with Crippen LogP contribution in [0.15, 0.2) is 42.5 Å². The lowest BCUT2D eigenvalue weighted by atomic mass is 10.1. The molecule has 18 heteroatoms. The molecule has 2 saturated heterocycles. The van der Waals surface area contributed by atoms with Crippen molar-refractivity contribution in [1.29, 1.82) is 0 Å². The third kappa shape index (κ3) is 6.72. The van der Waals surface area contributed by atoms with E-state index in [1.165, 1.54) is 18.2 Å². The maximum Gasteiger partial charge on any atom is 0.451 e. The van der Waals surface area contributed by atoms with Crippen LogP contribution in [-0.2, 0) is 30.6 Å². The van der Waals surface area contributed by atoms with Gasteiger partial charge in [-0.05, 0) is 36.8 Å². The number of benzene rings is 2. The highest BCUT2D eigenvalue weighted by atomic mass is 35.5. The second-order valence-electron chi connectivity index (χ2n) is 12.0. The van der Waals surface area contributed by atoms with Crippen LogP contribution in [0, 0.1) is 11.6 Å². The van der Waals surface area contributed by atoms with Gasteiger partial charge < -0.3 is 23.9 Å². The molecule has 1 N–H and O–H groups in total. The molecule has 2 fully saturated rings. The Morgan fingerprint density at radius 2 is 1.77 bits per heavy atom. The molecule has 11 nitrogen and oxygen atoms in total. The summed E-state index contributed by atoms with van der Waals surface area (Å²) in [5.41, 5.74) is 2.11. The van der Waals surface area contributed by atoms with Gasteiger partial charge >= 0.3 is 6.18 Å². The second kappa shape index (κ2) is 12.7. The molecule has 2 aromatic carbocycles. The van der Waals surface area contributed by atoms with Crippen molar-refractivity contribution < 1.29 is 31.4 Å². The molecule has 5 heterocycles. The molecule has 0 unspecified atom stereocenters. The standard InChI is InChI=1S/C30H29ClF5N9O2Si/c31-18-2-1-17(21(33)11-18)15-46-24-12-19(3-4-20(24)32)44-8-6-43(7-9-44)14-25-37-23-13-22(26-38-28(42-40-26)30(34,35)36)39-41-27(23)45(25)16-29(48)5-10-47-29/h1-4,11-13H,5-10,14-16H2,48H3,(H,38,40,42)/t29-/m1/s1. The van der Waals surface area contributed by atoms with Gasteiger partial charge in [0, 0.05) is 65.4 Å². The van der Waals surface area contributed by atoms with Crippen LogP contribution in [0.3, 0.4) is 0 Å². The molecule has 0 amide bonds. The molecule has 0 saturated carbocycles. The Balaban J connectivity index is 1.06. The highest BCUT2D eigenvalue weighted by Crippen LogP contribution is 2.31. The second-order valence-corrected chi connectivity index (χ2v) is 14.3. The zero-order valence-electron chi connectivity index (χ0n) is 25.6. The quantitative estimate of drug-likeness (QED) is 0.180. The van der Waals surface area contributed by atoms with Crippen LogP contribution in [-0.4, -0.2) is 88.1 Å². The first-order valence-electron chi connectivity index (χ1n) is 15.1. The summed E-state index contributed by atoms with van der Waals surface area (Å²) in [6.07, 6.45) is -3.76. The van der Waals surface area contributed by atoms with Gasteiger partial charge in [0.15, 0.2) is 23.0 Å². The summed E-state index contributed by atoms with van der Waals surface area (Å²) < 4.78 is 81.6. The van der Waals surface area contributed by atoms with Crippen LogP contribution < -0.4 is 9.64 Å². The zero-order valence-corrected chi connectivity index (χ0v) is 28.3. The molecule has 2 aliphatic heterocycles. The first-order chi connectivity index (χ1) is 22.9. The lowest BCUT2D eigenvalue weighted by molar-refractivity contribution is -0.144. The third-order valence-electron chi connectivity index (χ3n) is 8.56. The summed E-state index contributed by atoms with van der Waals surface area (Å²) in [7, 11) is 0.787. The summed E-state index contributed by atoms with van der Waals surface area (Å²) in [6.45, 7) is 4.19. The highest BCUT2D eigenvalue weighted by molar-refractivity contribution is 6.30. The first kappa shape index (κ1) is 32.4. The minimum atomic E-state index is -4.67. The summed E-state index contributed by atoms with van der Waals surface area (Å²) in [5.74, 6) is -1.69. The van der Waals surface area contributed by atoms with Gasteiger partial charge in [-0.2, -0.15) is 13.2 Å². The topological polar surface area (TPSA) is 110 Å². The largest absolute Gasteiger partial charge is 0.486 e. The number of hydrogen-bond donors (Lipinski definition) is 1. The van der Waals surface area contributed by atoms with E-state index >= 15 is 0 Å². The first-order valence-corrected chi connectivity index (χ1v) is 16.5. The number of fused-ring (bicyclic) bond motifs is 1. The van der Waals surface area contributed by atoms with E-state index in [-0.39, 0.29) is 39.7 Å². The summed E-state index contributed by atoms with van der Waals surface area (Å²) in [6, 6.07) is 10.4. The van der Waals surface area contributed by atoms with Gasteiger partial charge in [0.25, 0.3) is 0 Å². The normalized spacial score (nSPS) is 18.8. The average molecular weight is 706 g/mol. The molecule has 48 heavy (non-hydrogen) atoms. The molecule has 5 aromatic rings. The maximum absolute atomic E-state index is 14.6. The highest BCUT2D eigenvalue weighted by Gasteiger charge is 2.37. The van der Waals surface area contributed by atoms with Crippen molar-refractivity contribution in [1.82, 2.24) is 39.8 Å². The van der Waals surface area contributed by atoms with Crippen LogP contribution in [0.5, 0.6) is 5.75 Å². The van der Waals surface area contributed by atoms with E-state index in [1.54, 1.807) is 24.3 Å². The summed E-state index contributed by atoms with van der Waals surface area (Å²) in [4.78, 5) is 11.4. The zero-order chi connectivity index (χ0) is 33.6. The van der Waals surface area contributed by atoms with E-state index in [4.69, 9.17) is 26.1 Å². The number of aromatic nitrogens is 7. The lowest BCUT2D eigenvalue weighted by Gasteiger charge is -2.40. The number of H-pyrrole nitrogens is 1. The van der Waals surface area contributed by atoms with Crippen molar-refractivity contribution in [2.75, 3.05) is 37.7 Å². The van der Waals surface area contributed by atoms with Crippen LogP contribution in [0.2, 0.25) is 5.02 Å². The van der Waals surface area contributed by atoms with Crippen molar-refractivity contribution in [3.8, 4) is 17.3 Å². The molecule has 0 bridgehead atoms. The minimum Gasteiger partial charge on any atom is -0.486 e. The van der Waals surface area contributed by atoms with Gasteiger partial charge in [-0.15, -0.1) is 20.4 Å². The number of ether oxygens (including phenoxy) is 2. The maximum atomic E-state index is 14.6. The average Bonchev–Trinajstić information content (AvgIpc) is 3.67. The van der Waals surface area contributed by atoms with Crippen LogP contribution >= 0.6 is 11.6 Å². The molecule has 2 aliphatic rings. The molecular formula is C30H29ClF5N9O2Si. The molecule has 1 atom stereocenters. The Labute approximate surface area is 278 Å². The van der Waals surface area contributed by atoms with Crippen molar-refractivity contribution in [2.45, 2.75) is 37.5 Å². The fourth-order valence-electron chi connectivity index (χ4n) is 5.75. The molecule has 0 radical (unpaired) electrons. The van der Waals surface area contributed by atoms with E-state index in [0.717, 1.165) is 28.2 Å². The Kier molecular flexibility index (Phi) is 8.55. The Bertz CT molecular complexity index is 1960. The van der Waals surface area contributed by atoms with Gasteiger partial charge in [0.05, 0.1) is 18.3 Å². The Hall–Kier alpha value is -4.19. The van der Waals surface area contributed by atoms with Crippen molar-refractivity contribution in [2.24, 2.45) is 0 Å². The smallest absolute Gasteiger partial charge is 0.451 e. The van der Waals surface area contributed by atoms with Gasteiger partial charge in [-0.25, -0.2) is 13.8 Å². The van der Waals surface area contributed by atoms with E-state index in [2.05, 4.69) is 35.2 Å². The fourth-order valence-corrected chi connectivity index (χ4v) is 6.63. The molecule has 0 aliphatic carbocycles. The van der Waals surface area contributed by atoms with Crippen LogP contribution in [0.1, 0.15) is 23.6 Å². The Morgan fingerprint density at radius 1 is 0.979 bits per heavy atom. The summed E-state index contributed by atoms with van der Waals surface area (Å²) >= 11 is 5.82. The minimum absolute atomic E-state index is 0.0219. The number of hydrogen-bond acceptors (Lipinski definition) is 9. The number of rotatable bonds is 9. The van der Waals surface area contributed by atoms with E-state index in [0.29, 0.717) is 57.0 Å². The van der Waals surface area contributed by atoms with E-state index in [9.17, 15) is 22.0 Å². The van der Waals surface area contributed by atoms with E-state index < -0.39 is 23.6 Å². The van der Waals surface area contributed by atoms with Crippen molar-refractivity contribution >= 4 is 38.7 Å². The predicted molar refractivity (Wildman–Crippen MR) is 169 cm³/mol. The molecule has 7 rings (SSSR count). The lowest BCUT2D eigenvalue weighted by Crippen LogP contribution is -2.49. The molecular weight excluding hydrogens is 677 g/mol. The van der Waals surface area contributed by atoms with Gasteiger partial charge in [-0.1, -0.05) is 17.7 Å². The van der Waals surface area contributed by atoms with Crippen LogP contribution in [0.25, 0.3) is 22.7 Å². The fraction of sp³-hybridized carbons (Fsp3) is 0.367. The number of alkyl halides is 3. The van der Waals surface area contributed by atoms with Gasteiger partial charge in [0.2, 0.25) is 5.82 Å². The Morgan fingerprint density at radius 3 is 2.46 bits per heavy atom. The number of nitrogens with one attached hydrogen (secondary N) is 1. The number of piperazine rings is 1. The SMILES string of the molecule is Fc1cc(Cl)ccc1COc1cc(N2CCN(Cc3nc4cc(-c5nnc(C(F)(F)F)[nH]5)nnc4n3C[C@]3([SiH3])CCO3)CC2)ccc1F. The number of nitrogens with zero attached hydrogens (tertiary/aromatic N) is 8. The number of anilines is 1. The predicted octanol–water partition coefficient (Wildman–Crippen LogP) is 3.95. The number of aromatic amines is 1. The third-order valence-corrected chi connectivity index (χ3v) is 9.90. The number of halogens is 6. The molecule has 3 aromatic heterocycles. The van der Waals surface area contributed by atoms with Gasteiger partial charge in [-0.3, -0.25) is 4.90 Å². The van der Waals surface area contributed by atoms with Gasteiger partial charge in [0.1, 0.15) is 29.5 Å². The van der Waals surface area contributed by atoms with Crippen molar-refractivity contribution in [3.05, 3.63) is 76.3 Å². The molecule has 252 valence electrons. The van der Waals surface area contributed by atoms with E-state index in [1.807, 2.05) is 4.57 Å². The number of imidazole rings is 1. The monoisotopic (exact) mass is 705 g/mol.